The molecule has 0 unspecified atom stereocenters. The third-order valence-electron chi connectivity index (χ3n) is 3.40. The van der Waals surface area contributed by atoms with E-state index >= 15 is 0 Å². The topological polar surface area (TPSA) is 51.2 Å². The first kappa shape index (κ1) is 30.5. The van der Waals surface area contributed by atoms with Gasteiger partial charge in [0.15, 0.2) is 0 Å². The molecular weight excluding hydrogens is 589 g/mol. The molecule has 0 aliphatic carbocycles. The van der Waals surface area contributed by atoms with E-state index in [9.17, 15) is 14.4 Å². The summed E-state index contributed by atoms with van der Waals surface area (Å²) in [4.78, 5) is 34.1. The molecule has 0 atom stereocenters. The maximum Gasteiger partial charge on any atom is 0.217 e. The molecule has 0 saturated carbocycles. The van der Waals surface area contributed by atoms with Crippen molar-refractivity contribution in [2.24, 2.45) is 0 Å². The summed E-state index contributed by atoms with van der Waals surface area (Å²) in [7, 11) is 0. The van der Waals surface area contributed by atoms with Crippen molar-refractivity contribution in [1.29, 1.82) is 0 Å². The molecule has 31 heavy (non-hydrogen) atoms. The Balaban J connectivity index is 0.000000429. The third-order valence-corrected chi connectivity index (χ3v) is 5.30. The van der Waals surface area contributed by atoms with E-state index in [2.05, 4.69) is 75.8 Å². The van der Waals surface area contributed by atoms with Crippen LogP contribution in [0.15, 0.2) is 87.5 Å². The van der Waals surface area contributed by atoms with Gasteiger partial charge in [-0.3, -0.25) is 14.4 Å². The van der Waals surface area contributed by atoms with Gasteiger partial charge in [0, 0.05) is 52.4 Å². The van der Waals surface area contributed by atoms with Crippen molar-refractivity contribution in [3.63, 3.8) is 0 Å². The second kappa shape index (κ2) is 16.1. The monoisotopic (exact) mass is 608 g/mol. The summed E-state index contributed by atoms with van der Waals surface area (Å²) in [6, 6.07) is 21.2. The first-order valence-corrected chi connectivity index (χ1v) is 10.9. The van der Waals surface area contributed by atoms with E-state index in [-0.39, 0.29) is 36.4 Å². The van der Waals surface area contributed by atoms with Crippen molar-refractivity contribution in [2.45, 2.75) is 14.7 Å². The van der Waals surface area contributed by atoms with Gasteiger partial charge in [0.25, 0.3) is 0 Å². The van der Waals surface area contributed by atoms with E-state index in [4.69, 9.17) is 0 Å². The molecule has 162 valence electrons. The van der Waals surface area contributed by atoms with Crippen LogP contribution in [0.1, 0.15) is 31.1 Å². The van der Waals surface area contributed by atoms with Crippen LogP contribution in [0.5, 0.6) is 0 Å². The zero-order chi connectivity index (χ0) is 22.7. The molecule has 0 radical (unpaired) electrons. The van der Waals surface area contributed by atoms with Gasteiger partial charge in [-0.15, -0.1) is 75.8 Å². The zero-order valence-electron chi connectivity index (χ0n) is 15.7. The number of carbonyl (C=O) groups excluding carboxylic acids is 3. The van der Waals surface area contributed by atoms with Crippen LogP contribution in [0.2, 0.25) is 0 Å². The molecule has 0 aliphatic heterocycles. The minimum Gasteiger partial charge on any atom is -0.282 e. The number of thiol groups is 6. The van der Waals surface area contributed by atoms with Crippen molar-refractivity contribution >= 4 is 91.1 Å². The van der Waals surface area contributed by atoms with Gasteiger partial charge < -0.3 is 0 Å². The second-order valence-corrected chi connectivity index (χ2v) is 8.13. The molecule has 0 amide bonds. The molecule has 0 saturated heterocycles. The molecule has 3 aromatic rings. The molecule has 0 heterocycles. The summed E-state index contributed by atoms with van der Waals surface area (Å²) in [6.45, 7) is 0. The van der Waals surface area contributed by atoms with Crippen LogP contribution in [-0.4, -0.2) is 15.3 Å². The van der Waals surface area contributed by atoms with Crippen molar-refractivity contribution in [2.75, 3.05) is 0 Å². The van der Waals surface area contributed by atoms with E-state index in [0.29, 0.717) is 31.4 Å². The maximum absolute atomic E-state index is 10.7. The minimum absolute atomic E-state index is 0. The quantitative estimate of drug-likeness (QED) is 0.161. The number of hydrogen-bond donors (Lipinski definition) is 6. The van der Waals surface area contributed by atoms with E-state index in [1.165, 1.54) is 0 Å². The van der Waals surface area contributed by atoms with E-state index in [1.807, 2.05) is 18.2 Å². The molecule has 0 aliphatic rings. The van der Waals surface area contributed by atoms with Gasteiger partial charge in [0.1, 0.15) is 0 Å². The molecule has 0 bridgehead atoms. The van der Waals surface area contributed by atoms with Gasteiger partial charge in [-0.25, -0.2) is 0 Å². The molecular formula is C21H18MoO3S6. The van der Waals surface area contributed by atoms with Crippen LogP contribution >= 0.6 is 75.8 Å². The molecule has 3 rings (SSSR count). The number of rotatable bonds is 3. The van der Waals surface area contributed by atoms with Crippen LogP contribution in [0.25, 0.3) is 0 Å². The summed E-state index contributed by atoms with van der Waals surface area (Å²) < 4.78 is 0. The van der Waals surface area contributed by atoms with Gasteiger partial charge in [0.2, 0.25) is 15.3 Å². The summed E-state index contributed by atoms with van der Waals surface area (Å²) in [5, 5.41) is -0.734. The van der Waals surface area contributed by atoms with Crippen molar-refractivity contribution in [3.05, 3.63) is 89.5 Å². The van der Waals surface area contributed by atoms with Gasteiger partial charge in [-0.05, 0) is 36.4 Å². The molecule has 3 aromatic carbocycles. The summed E-state index contributed by atoms with van der Waals surface area (Å²) >= 11 is 23.2. The van der Waals surface area contributed by atoms with Gasteiger partial charge in [0.05, 0.1) is 0 Å². The summed E-state index contributed by atoms with van der Waals surface area (Å²) in [5.41, 5.74) is 1.65. The first-order valence-electron chi connectivity index (χ1n) is 8.19. The Bertz CT molecular complexity index is 911. The molecule has 3 nitrogen and oxygen atoms in total. The molecule has 0 fully saturated rings. The third kappa shape index (κ3) is 11.2. The largest absolute Gasteiger partial charge is 0.282 e. The fraction of sp³-hybridized carbons (Fsp3) is 0. The Kier molecular flexibility index (Phi) is 15.8. The predicted octanol–water partition coefficient (Wildman–Crippen LogP) is 6.13. The normalized spacial score (nSPS) is 9.10. The summed E-state index contributed by atoms with van der Waals surface area (Å²) in [6.07, 6.45) is 0. The summed E-state index contributed by atoms with van der Waals surface area (Å²) in [5.74, 6) is 0. The average Bonchev–Trinajstić information content (AvgIpc) is 2.69. The van der Waals surface area contributed by atoms with E-state index in [1.54, 1.807) is 54.6 Å². The van der Waals surface area contributed by atoms with Crippen molar-refractivity contribution in [1.82, 2.24) is 0 Å². The van der Waals surface area contributed by atoms with Crippen LogP contribution in [0, 0.1) is 0 Å². The fourth-order valence-corrected chi connectivity index (χ4v) is 3.60. The molecule has 0 aromatic heterocycles. The van der Waals surface area contributed by atoms with Crippen molar-refractivity contribution in [3.8, 4) is 0 Å². The first-order chi connectivity index (χ1) is 14.1. The van der Waals surface area contributed by atoms with Crippen LogP contribution in [0.3, 0.4) is 0 Å². The Morgan fingerprint density at radius 2 is 0.645 bits per heavy atom. The smallest absolute Gasteiger partial charge is 0.217 e. The fourth-order valence-electron chi connectivity index (χ4n) is 1.96. The van der Waals surface area contributed by atoms with Crippen LogP contribution in [0.4, 0.5) is 0 Å². The SMILES string of the molecule is O=C(S)c1ccccc1S.O=C(S)c1ccccc1S.O=C(S)c1ccccc1S.[Mo]. The number of hydrogen-bond acceptors (Lipinski definition) is 6. The molecule has 0 spiro atoms. The second-order valence-electron chi connectivity index (χ2n) is 5.47. The standard InChI is InChI=1S/3C7H6OS2.Mo/c3*8-7(10)5-3-1-2-4-6(5)9;/h3*1-4,9H,(H,8,10);. The van der Waals surface area contributed by atoms with Crippen molar-refractivity contribution < 1.29 is 35.4 Å². The zero-order valence-corrected chi connectivity index (χ0v) is 23.1. The van der Waals surface area contributed by atoms with E-state index in [0.717, 1.165) is 0 Å². The van der Waals surface area contributed by atoms with Gasteiger partial charge in [-0.1, -0.05) is 36.4 Å². The predicted molar refractivity (Wildman–Crippen MR) is 141 cm³/mol. The molecule has 0 N–H and O–H groups in total. The number of carbonyl (C=O) groups is 3. The minimum atomic E-state index is -0.245. The molecule has 10 heteroatoms. The van der Waals surface area contributed by atoms with Gasteiger partial charge in [-0.2, -0.15) is 0 Å². The van der Waals surface area contributed by atoms with Crippen LogP contribution < -0.4 is 0 Å². The Labute approximate surface area is 228 Å². The van der Waals surface area contributed by atoms with Crippen LogP contribution in [-0.2, 0) is 21.1 Å². The van der Waals surface area contributed by atoms with Gasteiger partial charge >= 0.3 is 0 Å². The number of benzene rings is 3. The maximum atomic E-state index is 10.7. The Morgan fingerprint density at radius 1 is 0.452 bits per heavy atom. The Hall–Kier alpha value is -0.542. The van der Waals surface area contributed by atoms with E-state index < -0.39 is 0 Å². The average molecular weight is 607 g/mol. The Morgan fingerprint density at radius 3 is 0.774 bits per heavy atom.